The molecule has 6 nitrogen and oxygen atoms in total. The van der Waals surface area contributed by atoms with Gasteiger partial charge in [0.2, 0.25) is 0 Å². The summed E-state index contributed by atoms with van der Waals surface area (Å²) < 4.78 is 5.83. The standard InChI is InChI=1S/C20H37N3O3/c1-4-26-17-7-5-16(6-8-17)23-13-15-11-20(2,3)18(23)14-22(12-15)19(25)21-9-10-24/h15-18,24H,4-14H2,1-3H3,(H,21,25). The van der Waals surface area contributed by atoms with Crippen molar-refractivity contribution in [3.05, 3.63) is 0 Å². The first kappa shape index (κ1) is 19.9. The molecule has 1 saturated carbocycles. The van der Waals surface area contributed by atoms with Gasteiger partial charge in [0.15, 0.2) is 0 Å². The fourth-order valence-electron chi connectivity index (χ4n) is 5.51. The Kier molecular flexibility index (Phi) is 6.46. The number of carbonyl (C=O) groups is 1. The number of aliphatic hydroxyl groups excluding tert-OH is 1. The van der Waals surface area contributed by atoms with E-state index in [2.05, 4.69) is 31.0 Å². The van der Waals surface area contributed by atoms with Crippen LogP contribution in [0.15, 0.2) is 0 Å². The van der Waals surface area contributed by atoms with E-state index in [4.69, 9.17) is 9.84 Å². The molecule has 4 fully saturated rings. The number of hydrogen-bond donors (Lipinski definition) is 2. The van der Waals surface area contributed by atoms with E-state index in [9.17, 15) is 4.79 Å². The summed E-state index contributed by atoms with van der Waals surface area (Å²) in [5.41, 5.74) is 0.228. The number of hydrogen-bond acceptors (Lipinski definition) is 4. The lowest BCUT2D eigenvalue weighted by atomic mass is 9.72. The van der Waals surface area contributed by atoms with Crippen LogP contribution in [0, 0.1) is 11.3 Å². The third-order valence-corrected chi connectivity index (χ3v) is 6.65. The quantitative estimate of drug-likeness (QED) is 0.781. The van der Waals surface area contributed by atoms with E-state index in [0.29, 0.717) is 30.7 Å². The molecule has 3 saturated heterocycles. The number of aliphatic hydroxyl groups is 1. The first-order valence-corrected chi connectivity index (χ1v) is 10.5. The summed E-state index contributed by atoms with van der Waals surface area (Å²) >= 11 is 0. The van der Waals surface area contributed by atoms with Crippen LogP contribution >= 0.6 is 0 Å². The third-order valence-electron chi connectivity index (χ3n) is 6.65. The molecule has 150 valence electrons. The number of nitrogens with zero attached hydrogens (tertiary/aromatic N) is 2. The first-order chi connectivity index (χ1) is 12.4. The minimum atomic E-state index is -0.0198. The molecule has 2 amide bonds. The van der Waals surface area contributed by atoms with E-state index in [-0.39, 0.29) is 18.1 Å². The molecule has 2 atom stereocenters. The summed E-state index contributed by atoms with van der Waals surface area (Å²) in [7, 11) is 0. The Labute approximate surface area is 158 Å². The molecular formula is C20H37N3O3. The molecule has 0 aromatic rings. The van der Waals surface area contributed by atoms with Crippen LogP contribution in [0.4, 0.5) is 4.79 Å². The molecule has 0 aromatic carbocycles. The maximum Gasteiger partial charge on any atom is 0.317 e. The van der Waals surface area contributed by atoms with E-state index in [1.807, 2.05) is 4.90 Å². The van der Waals surface area contributed by atoms with E-state index in [0.717, 1.165) is 39.1 Å². The Morgan fingerprint density at radius 2 is 1.92 bits per heavy atom. The SMILES string of the molecule is CCOC1CCC(N2CC3CN(C(=O)NCCO)CC2C(C)(C)C3)CC1. The van der Waals surface area contributed by atoms with Gasteiger partial charge < -0.3 is 20.1 Å². The van der Waals surface area contributed by atoms with Crippen LogP contribution in [-0.2, 0) is 4.74 Å². The molecule has 26 heavy (non-hydrogen) atoms. The molecule has 1 aliphatic carbocycles. The van der Waals surface area contributed by atoms with Gasteiger partial charge in [-0.15, -0.1) is 0 Å². The predicted molar refractivity (Wildman–Crippen MR) is 102 cm³/mol. The zero-order valence-electron chi connectivity index (χ0n) is 16.7. The van der Waals surface area contributed by atoms with Crippen LogP contribution in [0.1, 0.15) is 52.9 Å². The second-order valence-electron chi connectivity index (χ2n) is 9.02. The molecular weight excluding hydrogens is 330 g/mol. The van der Waals surface area contributed by atoms with Crippen molar-refractivity contribution in [2.24, 2.45) is 11.3 Å². The van der Waals surface area contributed by atoms with Crippen molar-refractivity contribution in [2.75, 3.05) is 39.4 Å². The molecule has 3 aliphatic heterocycles. The second-order valence-corrected chi connectivity index (χ2v) is 9.02. The fourth-order valence-corrected chi connectivity index (χ4v) is 5.51. The Balaban J connectivity index is 1.68. The molecule has 4 rings (SSSR count). The maximum absolute atomic E-state index is 12.5. The lowest BCUT2D eigenvalue weighted by Crippen LogP contribution is -2.58. The third kappa shape index (κ3) is 4.34. The predicted octanol–water partition coefficient (Wildman–Crippen LogP) is 2.07. The molecule has 2 bridgehead atoms. The number of carbonyl (C=O) groups excluding carboxylic acids is 1. The Bertz CT molecular complexity index is 477. The van der Waals surface area contributed by atoms with Gasteiger partial charge in [-0.05, 0) is 50.4 Å². The Hall–Kier alpha value is -0.850. The number of rotatable bonds is 5. The summed E-state index contributed by atoms with van der Waals surface area (Å²) in [6, 6.07) is 1.02. The van der Waals surface area contributed by atoms with E-state index < -0.39 is 0 Å². The van der Waals surface area contributed by atoms with Crippen LogP contribution in [0.5, 0.6) is 0 Å². The molecule has 0 aromatic heterocycles. The summed E-state index contributed by atoms with van der Waals surface area (Å²) in [5.74, 6) is 0.535. The van der Waals surface area contributed by atoms with E-state index >= 15 is 0 Å². The zero-order valence-corrected chi connectivity index (χ0v) is 16.7. The van der Waals surface area contributed by atoms with Crippen LogP contribution in [-0.4, -0.2) is 78.5 Å². The van der Waals surface area contributed by atoms with Crippen molar-refractivity contribution in [1.29, 1.82) is 0 Å². The van der Waals surface area contributed by atoms with Gasteiger partial charge in [-0.3, -0.25) is 4.90 Å². The number of urea groups is 1. The first-order valence-electron chi connectivity index (χ1n) is 10.5. The van der Waals surface area contributed by atoms with Crippen molar-refractivity contribution in [2.45, 2.75) is 71.1 Å². The lowest BCUT2D eigenvalue weighted by molar-refractivity contribution is -0.0390. The normalized spacial score (nSPS) is 34.5. The van der Waals surface area contributed by atoms with Gasteiger partial charge in [-0.2, -0.15) is 0 Å². The van der Waals surface area contributed by atoms with Crippen molar-refractivity contribution < 1.29 is 14.6 Å². The minimum Gasteiger partial charge on any atom is -0.395 e. The largest absolute Gasteiger partial charge is 0.395 e. The van der Waals surface area contributed by atoms with Gasteiger partial charge in [0.05, 0.1) is 12.7 Å². The minimum absolute atomic E-state index is 0.00682. The molecule has 3 heterocycles. The highest BCUT2D eigenvalue weighted by molar-refractivity contribution is 5.74. The average molecular weight is 368 g/mol. The van der Waals surface area contributed by atoms with Crippen molar-refractivity contribution in [3.63, 3.8) is 0 Å². The van der Waals surface area contributed by atoms with Gasteiger partial charge in [-0.1, -0.05) is 13.8 Å². The highest BCUT2D eigenvalue weighted by Crippen LogP contribution is 2.44. The zero-order chi connectivity index (χ0) is 18.7. The maximum atomic E-state index is 12.5. The van der Waals surface area contributed by atoms with Gasteiger partial charge in [-0.25, -0.2) is 4.79 Å². The summed E-state index contributed by atoms with van der Waals surface area (Å²) in [4.78, 5) is 17.2. The van der Waals surface area contributed by atoms with Crippen molar-refractivity contribution in [1.82, 2.24) is 15.1 Å². The average Bonchev–Trinajstić information content (AvgIpc) is 2.87. The van der Waals surface area contributed by atoms with Gasteiger partial charge in [0.25, 0.3) is 0 Å². The number of piperidine rings is 1. The Morgan fingerprint density at radius 1 is 1.19 bits per heavy atom. The number of amides is 2. The van der Waals surface area contributed by atoms with Crippen LogP contribution in [0.25, 0.3) is 0 Å². The topological polar surface area (TPSA) is 65.0 Å². The summed E-state index contributed by atoms with van der Waals surface area (Å²) in [5, 5.41) is 11.8. The van der Waals surface area contributed by atoms with E-state index in [1.165, 1.54) is 19.3 Å². The van der Waals surface area contributed by atoms with Crippen molar-refractivity contribution in [3.8, 4) is 0 Å². The highest BCUT2D eigenvalue weighted by Gasteiger charge is 2.48. The fraction of sp³-hybridized carbons (Fsp3) is 0.950. The van der Waals surface area contributed by atoms with Gasteiger partial charge in [0, 0.05) is 44.9 Å². The number of ether oxygens (including phenoxy) is 1. The van der Waals surface area contributed by atoms with Crippen molar-refractivity contribution >= 4 is 6.03 Å². The second kappa shape index (κ2) is 8.44. The number of nitrogens with one attached hydrogen (secondary N) is 1. The molecule has 2 N–H and O–H groups in total. The molecule has 0 spiro atoms. The smallest absolute Gasteiger partial charge is 0.317 e. The Morgan fingerprint density at radius 3 is 2.58 bits per heavy atom. The molecule has 6 heteroatoms. The lowest BCUT2D eigenvalue weighted by Gasteiger charge is -2.51. The van der Waals surface area contributed by atoms with E-state index in [1.54, 1.807) is 0 Å². The van der Waals surface area contributed by atoms with Gasteiger partial charge >= 0.3 is 6.03 Å². The number of fused-ring (bicyclic) bond motifs is 4. The van der Waals surface area contributed by atoms with Crippen LogP contribution in [0.3, 0.4) is 0 Å². The summed E-state index contributed by atoms with van der Waals surface area (Å²) in [6.45, 7) is 10.7. The molecule has 2 unspecified atom stereocenters. The monoisotopic (exact) mass is 367 g/mol. The molecule has 4 aliphatic rings. The van der Waals surface area contributed by atoms with Crippen LogP contribution < -0.4 is 5.32 Å². The van der Waals surface area contributed by atoms with Crippen LogP contribution in [0.2, 0.25) is 0 Å². The van der Waals surface area contributed by atoms with Gasteiger partial charge in [0.1, 0.15) is 0 Å². The highest BCUT2D eigenvalue weighted by atomic mass is 16.5. The summed E-state index contributed by atoms with van der Waals surface area (Å²) in [6.07, 6.45) is 6.36. The molecule has 0 radical (unpaired) electrons.